The van der Waals surface area contributed by atoms with Crippen molar-refractivity contribution in [3.05, 3.63) is 174 Å². The number of nitro groups is 1. The van der Waals surface area contributed by atoms with E-state index in [4.69, 9.17) is 19.4 Å². The van der Waals surface area contributed by atoms with Gasteiger partial charge in [-0.15, -0.1) is 0 Å². The van der Waals surface area contributed by atoms with Crippen LogP contribution < -0.4 is 0 Å². The van der Waals surface area contributed by atoms with E-state index < -0.39 is 0 Å². The summed E-state index contributed by atoms with van der Waals surface area (Å²) in [5.41, 5.74) is 8.36. The van der Waals surface area contributed by atoms with E-state index in [1.165, 1.54) is 6.07 Å². The van der Waals surface area contributed by atoms with Crippen LogP contribution in [-0.2, 0) is 0 Å². The number of nitro benzene ring substituents is 1. The zero-order valence-corrected chi connectivity index (χ0v) is 28.0. The van der Waals surface area contributed by atoms with E-state index in [1.54, 1.807) is 12.1 Å². The second kappa shape index (κ2) is 12.1. The summed E-state index contributed by atoms with van der Waals surface area (Å²) in [5, 5.41) is 16.3. The number of furan rings is 1. The lowest BCUT2D eigenvalue weighted by Crippen LogP contribution is -2.02. The van der Waals surface area contributed by atoms with E-state index >= 15 is 0 Å². The predicted molar refractivity (Wildman–Crippen MR) is 210 cm³/mol. The Morgan fingerprint density at radius 1 is 0.509 bits per heavy atom. The summed E-state index contributed by atoms with van der Waals surface area (Å²) in [6.45, 7) is 0. The van der Waals surface area contributed by atoms with Crippen molar-refractivity contribution in [3.8, 4) is 51.0 Å². The third-order valence-corrected chi connectivity index (χ3v) is 9.74. The molecule has 0 aliphatic rings. The zero-order valence-electron chi connectivity index (χ0n) is 28.0. The second-order valence-electron chi connectivity index (χ2n) is 12.9. The van der Waals surface area contributed by atoms with Crippen LogP contribution in [0.1, 0.15) is 0 Å². The van der Waals surface area contributed by atoms with Gasteiger partial charge in [0, 0.05) is 50.5 Å². The van der Waals surface area contributed by atoms with Gasteiger partial charge in [0.15, 0.2) is 17.5 Å². The number of nitrogens with zero attached hydrogens (tertiary/aromatic N) is 5. The highest BCUT2D eigenvalue weighted by Crippen LogP contribution is 2.43. The molecule has 0 N–H and O–H groups in total. The SMILES string of the molecule is O=[N+]([O-])c1cccc(-c2cc(-c3nc(-c4ccccc4)nc(-c4ccccc4)n3)ccc2-n2c3ccccc3c3ccc4oc5ccccc5c4c32)c1. The van der Waals surface area contributed by atoms with Gasteiger partial charge in [-0.1, -0.05) is 109 Å². The summed E-state index contributed by atoms with van der Waals surface area (Å²) in [6, 6.07) is 53.1. The van der Waals surface area contributed by atoms with Crippen molar-refractivity contribution in [2.24, 2.45) is 0 Å². The lowest BCUT2D eigenvalue weighted by molar-refractivity contribution is -0.384. The molecule has 7 aromatic carbocycles. The van der Waals surface area contributed by atoms with Crippen LogP contribution in [0.5, 0.6) is 0 Å². The van der Waals surface area contributed by atoms with Gasteiger partial charge in [0.25, 0.3) is 5.69 Å². The second-order valence-corrected chi connectivity index (χ2v) is 12.9. The van der Waals surface area contributed by atoms with Crippen molar-refractivity contribution in [2.75, 3.05) is 0 Å². The molecule has 3 heterocycles. The van der Waals surface area contributed by atoms with Gasteiger partial charge in [-0.05, 0) is 48.0 Å². The molecule has 8 nitrogen and oxygen atoms in total. The van der Waals surface area contributed by atoms with Gasteiger partial charge >= 0.3 is 0 Å². The average Bonchev–Trinajstić information content (AvgIpc) is 3.77. The molecule has 0 amide bonds. The molecule has 0 unspecified atom stereocenters. The van der Waals surface area contributed by atoms with Crippen molar-refractivity contribution in [1.29, 1.82) is 0 Å². The Kier molecular flexibility index (Phi) is 6.94. The van der Waals surface area contributed by atoms with Gasteiger partial charge in [0.1, 0.15) is 11.2 Å². The first-order valence-corrected chi connectivity index (χ1v) is 17.2. The van der Waals surface area contributed by atoms with Gasteiger partial charge in [-0.2, -0.15) is 0 Å². The van der Waals surface area contributed by atoms with Crippen LogP contribution in [0.3, 0.4) is 0 Å². The summed E-state index contributed by atoms with van der Waals surface area (Å²) in [7, 11) is 0. The molecule has 10 aromatic rings. The molecular weight excluding hydrogens is 659 g/mol. The quantitative estimate of drug-likeness (QED) is 0.128. The van der Waals surface area contributed by atoms with Crippen LogP contribution in [0.2, 0.25) is 0 Å². The molecule has 0 fully saturated rings. The molecule has 0 saturated carbocycles. The summed E-state index contributed by atoms with van der Waals surface area (Å²) >= 11 is 0. The molecule has 10 rings (SSSR count). The Morgan fingerprint density at radius 3 is 1.85 bits per heavy atom. The first-order valence-electron chi connectivity index (χ1n) is 17.2. The van der Waals surface area contributed by atoms with Gasteiger partial charge < -0.3 is 8.98 Å². The van der Waals surface area contributed by atoms with Crippen molar-refractivity contribution >= 4 is 49.4 Å². The largest absolute Gasteiger partial charge is 0.456 e. The van der Waals surface area contributed by atoms with E-state index in [2.05, 4.69) is 34.9 Å². The maximum atomic E-state index is 12.1. The molecule has 53 heavy (non-hydrogen) atoms. The van der Waals surface area contributed by atoms with Crippen molar-refractivity contribution in [3.63, 3.8) is 0 Å². The predicted octanol–water partition coefficient (Wildman–Crippen LogP) is 11.4. The zero-order chi connectivity index (χ0) is 35.5. The van der Waals surface area contributed by atoms with E-state index in [1.807, 2.05) is 115 Å². The smallest absolute Gasteiger partial charge is 0.270 e. The number of rotatable bonds is 6. The molecule has 0 atom stereocenters. The first kappa shape index (κ1) is 30.4. The molecule has 0 spiro atoms. The Labute approximate surface area is 302 Å². The third kappa shape index (κ3) is 5.04. The fraction of sp³-hybridized carbons (Fsp3) is 0. The fourth-order valence-electron chi connectivity index (χ4n) is 7.34. The number of hydrogen-bond donors (Lipinski definition) is 0. The Bertz CT molecular complexity index is 2980. The summed E-state index contributed by atoms with van der Waals surface area (Å²) < 4.78 is 8.62. The first-order chi connectivity index (χ1) is 26.1. The topological polar surface area (TPSA) is 99.9 Å². The summed E-state index contributed by atoms with van der Waals surface area (Å²) in [4.78, 5) is 26.6. The molecule has 0 aliphatic carbocycles. The number of non-ortho nitro benzene ring substituents is 1. The summed E-state index contributed by atoms with van der Waals surface area (Å²) in [5.74, 6) is 1.58. The van der Waals surface area contributed by atoms with Gasteiger partial charge in [0.2, 0.25) is 0 Å². The molecule has 3 aromatic heterocycles. The molecule has 0 aliphatic heterocycles. The summed E-state index contributed by atoms with van der Waals surface area (Å²) in [6.07, 6.45) is 0. The maximum absolute atomic E-state index is 12.1. The highest BCUT2D eigenvalue weighted by atomic mass is 16.6. The highest BCUT2D eigenvalue weighted by molar-refractivity contribution is 6.24. The number of benzene rings is 7. The van der Waals surface area contributed by atoms with Gasteiger partial charge in [-0.25, -0.2) is 15.0 Å². The molecule has 0 saturated heterocycles. The monoisotopic (exact) mass is 685 g/mol. The number of aromatic nitrogens is 4. The molecule has 0 radical (unpaired) electrons. The van der Waals surface area contributed by atoms with Crippen LogP contribution in [0.4, 0.5) is 5.69 Å². The molecule has 0 bridgehead atoms. The molecular formula is C45H27N5O3. The van der Waals surface area contributed by atoms with Gasteiger partial charge in [-0.3, -0.25) is 10.1 Å². The number of fused-ring (bicyclic) bond motifs is 7. The van der Waals surface area contributed by atoms with Crippen LogP contribution in [-0.4, -0.2) is 24.4 Å². The lowest BCUT2D eigenvalue weighted by atomic mass is 9.99. The van der Waals surface area contributed by atoms with Crippen molar-refractivity contribution < 1.29 is 9.34 Å². The minimum Gasteiger partial charge on any atom is -0.456 e. The van der Waals surface area contributed by atoms with Crippen molar-refractivity contribution in [1.82, 2.24) is 19.5 Å². The van der Waals surface area contributed by atoms with Gasteiger partial charge in [0.05, 0.1) is 27.0 Å². The number of hydrogen-bond acceptors (Lipinski definition) is 6. The highest BCUT2D eigenvalue weighted by Gasteiger charge is 2.22. The van der Waals surface area contributed by atoms with E-state index in [-0.39, 0.29) is 10.6 Å². The average molecular weight is 686 g/mol. The van der Waals surface area contributed by atoms with Crippen LogP contribution in [0.25, 0.3) is 94.7 Å². The van der Waals surface area contributed by atoms with Crippen molar-refractivity contribution in [2.45, 2.75) is 0 Å². The maximum Gasteiger partial charge on any atom is 0.270 e. The van der Waals surface area contributed by atoms with Crippen LogP contribution >= 0.6 is 0 Å². The fourth-order valence-corrected chi connectivity index (χ4v) is 7.34. The Hall–Kier alpha value is -7.45. The molecule has 250 valence electrons. The minimum absolute atomic E-state index is 0.00202. The lowest BCUT2D eigenvalue weighted by Gasteiger charge is -2.16. The van der Waals surface area contributed by atoms with E-state index in [0.29, 0.717) is 23.0 Å². The standard InChI is InChI=1S/C45H27N5O3/c51-50(52)32-17-11-16-30(26-32)36-27-31(45-47-43(28-12-3-1-4-13-28)46-44(48-45)29-14-5-2-6-15-29)22-24-38(36)49-37-20-9-7-18-33(37)34-23-25-40-41(42(34)49)35-19-8-10-21-39(35)53-40/h1-27H. The Morgan fingerprint density at radius 2 is 1.13 bits per heavy atom. The third-order valence-electron chi connectivity index (χ3n) is 9.74. The molecule has 8 heteroatoms. The van der Waals surface area contributed by atoms with E-state index in [9.17, 15) is 10.1 Å². The van der Waals surface area contributed by atoms with E-state index in [0.717, 1.165) is 71.7 Å². The Balaban J connectivity index is 1.29. The normalized spacial score (nSPS) is 11.5. The van der Waals surface area contributed by atoms with Crippen LogP contribution in [0.15, 0.2) is 168 Å². The number of para-hydroxylation sites is 2. The van der Waals surface area contributed by atoms with Crippen LogP contribution in [0, 0.1) is 10.1 Å². The minimum atomic E-state index is -0.362.